The molecule has 0 saturated carbocycles. The van der Waals surface area contributed by atoms with Gasteiger partial charge in [-0.05, 0) is 67.4 Å². The average Bonchev–Trinajstić information content (AvgIpc) is 3.53. The van der Waals surface area contributed by atoms with Gasteiger partial charge in [0.15, 0.2) is 17.5 Å². The quantitative estimate of drug-likeness (QED) is 0.186. The van der Waals surface area contributed by atoms with E-state index in [0.29, 0.717) is 17.5 Å². The Hall–Kier alpha value is -5.97. The Bertz CT molecular complexity index is 2870. The van der Waals surface area contributed by atoms with Gasteiger partial charge in [0.1, 0.15) is 0 Å². The van der Waals surface area contributed by atoms with Gasteiger partial charge in [0.05, 0.1) is 0 Å². The van der Waals surface area contributed by atoms with Crippen LogP contribution < -0.4 is 0 Å². The standard InChI is InChI=1S/C43H25N3S/c1-2-10-28-24-30(17-16-26(28)8-1)41-44-42(46-43(45-41)38-14-7-13-37-36-12-5-6-15-39(36)47-40(37)38)31-20-21-33-29(25-31)19-23-34-32-11-4-3-9-27(32)18-22-35(33)34/h1-25H. The zero-order chi connectivity index (χ0) is 30.9. The van der Waals surface area contributed by atoms with E-state index in [-0.39, 0.29) is 0 Å². The van der Waals surface area contributed by atoms with Crippen LogP contribution in [-0.4, -0.2) is 15.0 Å². The molecule has 4 heteroatoms. The Morgan fingerprint density at radius 3 is 1.72 bits per heavy atom. The lowest BCUT2D eigenvalue weighted by Crippen LogP contribution is -2.00. The summed E-state index contributed by atoms with van der Waals surface area (Å²) >= 11 is 1.79. The zero-order valence-electron chi connectivity index (χ0n) is 25.2. The molecule has 2 heterocycles. The van der Waals surface area contributed by atoms with Crippen molar-refractivity contribution in [3.05, 3.63) is 152 Å². The Morgan fingerprint density at radius 1 is 0.340 bits per heavy atom. The van der Waals surface area contributed by atoms with Crippen molar-refractivity contribution in [2.45, 2.75) is 0 Å². The molecule has 3 nitrogen and oxygen atoms in total. The van der Waals surface area contributed by atoms with E-state index in [1.165, 1.54) is 52.5 Å². The number of rotatable bonds is 3. The largest absolute Gasteiger partial charge is 0.208 e. The molecule has 0 saturated heterocycles. The van der Waals surface area contributed by atoms with E-state index in [2.05, 4.69) is 152 Å². The molecule has 0 aliphatic carbocycles. The first kappa shape index (κ1) is 26.3. The molecule has 47 heavy (non-hydrogen) atoms. The molecule has 0 atom stereocenters. The number of nitrogens with zero attached hydrogens (tertiary/aromatic N) is 3. The molecule has 218 valence electrons. The van der Waals surface area contributed by atoms with Crippen LogP contribution in [0.25, 0.3) is 97.4 Å². The highest BCUT2D eigenvalue weighted by Crippen LogP contribution is 2.40. The van der Waals surface area contributed by atoms with Crippen LogP contribution in [0.3, 0.4) is 0 Å². The fourth-order valence-corrected chi connectivity index (χ4v) is 8.19. The molecule has 8 aromatic carbocycles. The summed E-state index contributed by atoms with van der Waals surface area (Å²) < 4.78 is 2.45. The molecule has 0 bridgehead atoms. The van der Waals surface area contributed by atoms with E-state index in [1.807, 2.05) is 0 Å². The normalized spacial score (nSPS) is 11.8. The summed E-state index contributed by atoms with van der Waals surface area (Å²) in [6, 6.07) is 53.9. The van der Waals surface area contributed by atoms with Crippen LogP contribution in [0, 0.1) is 0 Å². The minimum Gasteiger partial charge on any atom is -0.208 e. The molecule has 0 N–H and O–H groups in total. The lowest BCUT2D eigenvalue weighted by atomic mass is 9.96. The van der Waals surface area contributed by atoms with Crippen LogP contribution in [0.4, 0.5) is 0 Å². The summed E-state index contributed by atoms with van der Waals surface area (Å²) in [5.41, 5.74) is 2.95. The molecule has 10 rings (SSSR count). The van der Waals surface area contributed by atoms with Gasteiger partial charge in [-0.15, -0.1) is 11.3 Å². The molecule has 0 amide bonds. The molecule has 0 radical (unpaired) electrons. The van der Waals surface area contributed by atoms with Crippen molar-refractivity contribution in [1.29, 1.82) is 0 Å². The van der Waals surface area contributed by atoms with E-state index >= 15 is 0 Å². The number of aromatic nitrogens is 3. The summed E-state index contributed by atoms with van der Waals surface area (Å²) in [7, 11) is 0. The van der Waals surface area contributed by atoms with Crippen LogP contribution in [0.2, 0.25) is 0 Å². The van der Waals surface area contributed by atoms with E-state index in [9.17, 15) is 0 Å². The highest BCUT2D eigenvalue weighted by molar-refractivity contribution is 7.26. The zero-order valence-corrected chi connectivity index (χ0v) is 26.0. The second-order valence-corrected chi connectivity index (χ2v) is 13.1. The van der Waals surface area contributed by atoms with Crippen molar-refractivity contribution in [1.82, 2.24) is 15.0 Å². The van der Waals surface area contributed by atoms with Crippen molar-refractivity contribution in [2.75, 3.05) is 0 Å². The van der Waals surface area contributed by atoms with Crippen LogP contribution in [0.15, 0.2) is 152 Å². The van der Waals surface area contributed by atoms with E-state index in [4.69, 9.17) is 15.0 Å². The number of fused-ring (bicyclic) bond motifs is 9. The van der Waals surface area contributed by atoms with Gasteiger partial charge in [0.25, 0.3) is 0 Å². The predicted molar refractivity (Wildman–Crippen MR) is 199 cm³/mol. The lowest BCUT2D eigenvalue weighted by Gasteiger charge is -2.11. The van der Waals surface area contributed by atoms with Gasteiger partial charge in [-0.3, -0.25) is 0 Å². The Balaban J connectivity index is 1.20. The minimum atomic E-state index is 0.664. The summed E-state index contributed by atoms with van der Waals surface area (Å²) in [6.07, 6.45) is 0. The Kier molecular flexibility index (Phi) is 5.74. The van der Waals surface area contributed by atoms with Crippen LogP contribution in [0.5, 0.6) is 0 Å². The van der Waals surface area contributed by atoms with Crippen LogP contribution in [-0.2, 0) is 0 Å². The SMILES string of the molecule is c1ccc2cc(-c3nc(-c4ccc5c(ccc6c7ccccc7ccc56)c4)nc(-c4cccc5c4sc4ccccc45)n3)ccc2c1. The third-order valence-corrected chi connectivity index (χ3v) is 10.5. The van der Waals surface area contributed by atoms with Crippen LogP contribution >= 0.6 is 11.3 Å². The molecule has 0 aliphatic heterocycles. The molecular formula is C43H25N3S. The molecule has 2 aromatic heterocycles. The summed E-state index contributed by atoms with van der Waals surface area (Å²) in [4.78, 5) is 15.4. The van der Waals surface area contributed by atoms with Crippen molar-refractivity contribution < 1.29 is 0 Å². The van der Waals surface area contributed by atoms with Gasteiger partial charge in [-0.2, -0.15) is 0 Å². The monoisotopic (exact) mass is 615 g/mol. The first-order valence-corrected chi connectivity index (χ1v) is 16.6. The van der Waals surface area contributed by atoms with Gasteiger partial charge in [-0.25, -0.2) is 15.0 Å². The van der Waals surface area contributed by atoms with Gasteiger partial charge >= 0.3 is 0 Å². The first-order valence-electron chi connectivity index (χ1n) is 15.8. The van der Waals surface area contributed by atoms with Gasteiger partial charge in [0, 0.05) is 36.9 Å². The topological polar surface area (TPSA) is 38.7 Å². The van der Waals surface area contributed by atoms with Crippen molar-refractivity contribution in [3.63, 3.8) is 0 Å². The second-order valence-electron chi connectivity index (χ2n) is 12.0. The Labute approximate surface area is 274 Å². The smallest absolute Gasteiger partial charge is 0.165 e. The fourth-order valence-electron chi connectivity index (χ4n) is 6.97. The molecule has 10 aromatic rings. The van der Waals surface area contributed by atoms with Crippen molar-refractivity contribution in [2.24, 2.45) is 0 Å². The van der Waals surface area contributed by atoms with E-state index < -0.39 is 0 Å². The highest BCUT2D eigenvalue weighted by atomic mass is 32.1. The first-order chi connectivity index (χ1) is 23.3. The maximum Gasteiger partial charge on any atom is 0.165 e. The van der Waals surface area contributed by atoms with Gasteiger partial charge in [-0.1, -0.05) is 127 Å². The molecule has 0 fully saturated rings. The highest BCUT2D eigenvalue weighted by Gasteiger charge is 2.17. The molecular weight excluding hydrogens is 591 g/mol. The van der Waals surface area contributed by atoms with Crippen molar-refractivity contribution >= 4 is 74.6 Å². The summed E-state index contributed by atoms with van der Waals surface area (Å²) in [5, 5.41) is 12.2. The molecule has 0 unspecified atom stereocenters. The number of hydrogen-bond donors (Lipinski definition) is 0. The lowest BCUT2D eigenvalue weighted by molar-refractivity contribution is 1.08. The molecule has 0 aliphatic rings. The predicted octanol–water partition coefficient (Wildman–Crippen LogP) is 11.9. The number of benzene rings is 8. The Morgan fingerprint density at radius 2 is 0.894 bits per heavy atom. The number of thiophene rings is 1. The maximum atomic E-state index is 5.18. The third kappa shape index (κ3) is 4.23. The third-order valence-electron chi connectivity index (χ3n) is 9.29. The second kappa shape index (κ2) is 10.3. The fraction of sp³-hybridized carbons (Fsp3) is 0. The van der Waals surface area contributed by atoms with E-state index in [1.54, 1.807) is 11.3 Å². The molecule has 0 spiro atoms. The van der Waals surface area contributed by atoms with Gasteiger partial charge in [0.2, 0.25) is 0 Å². The number of hydrogen-bond acceptors (Lipinski definition) is 4. The summed E-state index contributed by atoms with van der Waals surface area (Å²) in [5.74, 6) is 2.01. The van der Waals surface area contributed by atoms with Crippen molar-refractivity contribution in [3.8, 4) is 34.2 Å². The average molecular weight is 616 g/mol. The van der Waals surface area contributed by atoms with Gasteiger partial charge < -0.3 is 0 Å². The summed E-state index contributed by atoms with van der Waals surface area (Å²) in [6.45, 7) is 0. The minimum absolute atomic E-state index is 0.664. The maximum absolute atomic E-state index is 5.18. The van der Waals surface area contributed by atoms with E-state index in [0.717, 1.165) is 27.5 Å². The van der Waals surface area contributed by atoms with Crippen LogP contribution in [0.1, 0.15) is 0 Å².